The molecule has 0 spiro atoms. The van der Waals surface area contributed by atoms with E-state index in [0.29, 0.717) is 11.5 Å². The average Bonchev–Trinajstić information content (AvgIpc) is 2.27. The fraction of sp³-hybridized carbons (Fsp3) is 0.333. The minimum Gasteiger partial charge on any atom is -0.507 e. The molecule has 1 amide bonds. The topological polar surface area (TPSA) is 66.6 Å². The second-order valence-corrected chi connectivity index (χ2v) is 5.54. The van der Waals surface area contributed by atoms with E-state index in [9.17, 15) is 9.90 Å². The molecule has 0 saturated heterocycles. The lowest BCUT2D eigenvalue weighted by Gasteiger charge is -2.21. The molecule has 18 heavy (non-hydrogen) atoms. The molecule has 0 aliphatic heterocycles. The van der Waals surface area contributed by atoms with Crippen LogP contribution in [-0.2, 0) is 0 Å². The zero-order valence-corrected chi connectivity index (χ0v) is 12.6. The van der Waals surface area contributed by atoms with Gasteiger partial charge in [0.15, 0.2) is 0 Å². The highest BCUT2D eigenvalue weighted by Crippen LogP contribution is 2.23. The van der Waals surface area contributed by atoms with Crippen LogP contribution < -0.4 is 5.73 Å². The molecule has 1 rings (SSSR count). The van der Waals surface area contributed by atoms with Crippen molar-refractivity contribution >= 4 is 39.0 Å². The molecule has 0 aliphatic carbocycles. The predicted octanol–water partition coefficient (Wildman–Crippen LogP) is 2.15. The van der Waals surface area contributed by atoms with E-state index < -0.39 is 0 Å². The molecule has 1 aromatic rings. The van der Waals surface area contributed by atoms with E-state index in [0.717, 1.165) is 4.47 Å². The molecule has 0 saturated carbocycles. The molecule has 0 bridgehead atoms. The number of benzene rings is 1. The Morgan fingerprint density at radius 1 is 1.61 bits per heavy atom. The summed E-state index contributed by atoms with van der Waals surface area (Å²) in [5, 5.41) is 9.73. The van der Waals surface area contributed by atoms with Gasteiger partial charge in [-0.15, -0.1) is 0 Å². The van der Waals surface area contributed by atoms with Crippen molar-refractivity contribution in [3.63, 3.8) is 0 Å². The molecule has 0 aromatic heterocycles. The van der Waals surface area contributed by atoms with Crippen molar-refractivity contribution in [1.82, 2.24) is 4.90 Å². The SMILES string of the molecule is CC(CN(C)C(=O)c1ccc(Br)cc1O)C(N)=S. The van der Waals surface area contributed by atoms with Crippen molar-refractivity contribution < 1.29 is 9.90 Å². The molecule has 6 heteroatoms. The van der Waals surface area contributed by atoms with Gasteiger partial charge in [-0.1, -0.05) is 35.1 Å². The van der Waals surface area contributed by atoms with Crippen LogP contribution in [0.3, 0.4) is 0 Å². The molecule has 0 heterocycles. The summed E-state index contributed by atoms with van der Waals surface area (Å²) >= 11 is 8.09. The summed E-state index contributed by atoms with van der Waals surface area (Å²) in [6.07, 6.45) is 0. The first-order chi connectivity index (χ1) is 8.32. The van der Waals surface area contributed by atoms with Gasteiger partial charge >= 0.3 is 0 Å². The van der Waals surface area contributed by atoms with Gasteiger partial charge < -0.3 is 15.7 Å². The van der Waals surface area contributed by atoms with E-state index in [1.54, 1.807) is 19.2 Å². The third-order valence-corrected chi connectivity index (χ3v) is 3.47. The van der Waals surface area contributed by atoms with E-state index in [1.165, 1.54) is 11.0 Å². The largest absolute Gasteiger partial charge is 0.507 e. The molecule has 98 valence electrons. The summed E-state index contributed by atoms with van der Waals surface area (Å²) < 4.78 is 0.718. The molecule has 0 aliphatic rings. The maximum Gasteiger partial charge on any atom is 0.257 e. The Morgan fingerprint density at radius 3 is 2.72 bits per heavy atom. The van der Waals surface area contributed by atoms with Gasteiger partial charge in [0, 0.05) is 24.0 Å². The summed E-state index contributed by atoms with van der Waals surface area (Å²) in [7, 11) is 1.65. The number of nitrogens with zero attached hydrogens (tertiary/aromatic N) is 1. The van der Waals surface area contributed by atoms with Gasteiger partial charge in [0.05, 0.1) is 10.6 Å². The number of hydrogen-bond donors (Lipinski definition) is 2. The summed E-state index contributed by atoms with van der Waals surface area (Å²) in [4.78, 5) is 14.0. The van der Waals surface area contributed by atoms with Crippen LogP contribution in [0.2, 0.25) is 0 Å². The number of thiocarbonyl (C=S) groups is 1. The summed E-state index contributed by atoms with van der Waals surface area (Å²) in [5.74, 6) is -0.376. The van der Waals surface area contributed by atoms with Crippen molar-refractivity contribution in [2.45, 2.75) is 6.92 Å². The molecule has 4 nitrogen and oxygen atoms in total. The minimum atomic E-state index is -0.261. The average molecular weight is 331 g/mol. The Balaban J connectivity index is 2.83. The predicted molar refractivity (Wildman–Crippen MR) is 78.7 cm³/mol. The van der Waals surface area contributed by atoms with Crippen molar-refractivity contribution in [1.29, 1.82) is 0 Å². The van der Waals surface area contributed by atoms with Crippen LogP contribution in [0.5, 0.6) is 5.75 Å². The smallest absolute Gasteiger partial charge is 0.257 e. The number of aromatic hydroxyl groups is 1. The lowest BCUT2D eigenvalue weighted by Crippen LogP contribution is -2.35. The number of rotatable bonds is 4. The zero-order valence-electron chi connectivity index (χ0n) is 10.2. The van der Waals surface area contributed by atoms with Crippen LogP contribution in [0.25, 0.3) is 0 Å². The number of hydrogen-bond acceptors (Lipinski definition) is 3. The Labute approximate surface area is 120 Å². The van der Waals surface area contributed by atoms with Gasteiger partial charge in [-0.3, -0.25) is 4.79 Å². The molecule has 3 N–H and O–H groups in total. The van der Waals surface area contributed by atoms with Crippen LogP contribution in [-0.4, -0.2) is 34.5 Å². The van der Waals surface area contributed by atoms with Gasteiger partial charge in [-0.05, 0) is 18.2 Å². The third-order valence-electron chi connectivity index (χ3n) is 2.57. The first-order valence-electron chi connectivity index (χ1n) is 5.36. The van der Waals surface area contributed by atoms with Crippen LogP contribution in [0.15, 0.2) is 22.7 Å². The normalized spacial score (nSPS) is 11.9. The number of carbonyl (C=O) groups is 1. The van der Waals surface area contributed by atoms with Crippen LogP contribution in [0.4, 0.5) is 0 Å². The standard InChI is InChI=1S/C12H15BrN2O2S/c1-7(11(14)18)6-15(2)12(17)9-4-3-8(13)5-10(9)16/h3-5,7,16H,6H2,1-2H3,(H2,14,18). The number of nitrogens with two attached hydrogens (primary N) is 1. The van der Waals surface area contributed by atoms with Gasteiger partial charge in [0.2, 0.25) is 0 Å². The molecule has 1 aromatic carbocycles. The molecule has 1 atom stereocenters. The summed E-state index contributed by atoms with van der Waals surface area (Å²) in [5.41, 5.74) is 5.77. The molecular formula is C12H15BrN2O2S. The van der Waals surface area contributed by atoms with E-state index in [2.05, 4.69) is 15.9 Å². The maximum absolute atomic E-state index is 12.1. The maximum atomic E-state index is 12.1. The first kappa shape index (κ1) is 14.9. The quantitative estimate of drug-likeness (QED) is 0.830. The van der Waals surface area contributed by atoms with E-state index in [-0.39, 0.29) is 23.1 Å². The lowest BCUT2D eigenvalue weighted by atomic mass is 10.1. The van der Waals surface area contributed by atoms with Crippen LogP contribution in [0, 0.1) is 5.92 Å². The van der Waals surface area contributed by atoms with Gasteiger partial charge in [-0.25, -0.2) is 0 Å². The third kappa shape index (κ3) is 3.68. The highest BCUT2D eigenvalue weighted by Gasteiger charge is 2.18. The number of amides is 1. The summed E-state index contributed by atoms with van der Waals surface area (Å²) in [6.45, 7) is 2.28. The Kier molecular flexibility index (Phi) is 5.10. The van der Waals surface area contributed by atoms with Crippen molar-refractivity contribution in [2.24, 2.45) is 11.7 Å². The summed E-state index contributed by atoms with van der Waals surface area (Å²) in [6, 6.07) is 4.76. The molecular weight excluding hydrogens is 316 g/mol. The van der Waals surface area contributed by atoms with Gasteiger partial charge in [0.1, 0.15) is 5.75 Å². The minimum absolute atomic E-state index is 0.0517. The lowest BCUT2D eigenvalue weighted by molar-refractivity contribution is 0.0784. The number of carbonyl (C=O) groups excluding carboxylic acids is 1. The number of phenols is 1. The highest BCUT2D eigenvalue weighted by molar-refractivity contribution is 9.10. The van der Waals surface area contributed by atoms with E-state index in [4.69, 9.17) is 18.0 Å². The Hall–Kier alpha value is -1.14. The second-order valence-electron chi connectivity index (χ2n) is 4.15. The Bertz CT molecular complexity index is 479. The van der Waals surface area contributed by atoms with Crippen LogP contribution >= 0.6 is 28.1 Å². The van der Waals surface area contributed by atoms with Crippen molar-refractivity contribution in [3.8, 4) is 5.75 Å². The fourth-order valence-corrected chi connectivity index (χ4v) is 1.90. The van der Waals surface area contributed by atoms with Gasteiger partial charge in [-0.2, -0.15) is 0 Å². The van der Waals surface area contributed by atoms with E-state index in [1.807, 2.05) is 6.92 Å². The monoisotopic (exact) mass is 330 g/mol. The van der Waals surface area contributed by atoms with E-state index >= 15 is 0 Å². The molecule has 1 unspecified atom stereocenters. The Morgan fingerprint density at radius 2 is 2.22 bits per heavy atom. The zero-order chi connectivity index (χ0) is 13.9. The van der Waals surface area contributed by atoms with Gasteiger partial charge in [0.25, 0.3) is 5.91 Å². The number of phenolic OH excluding ortho intramolecular Hbond substituents is 1. The molecule has 0 fully saturated rings. The number of halogens is 1. The van der Waals surface area contributed by atoms with Crippen molar-refractivity contribution in [2.75, 3.05) is 13.6 Å². The second kappa shape index (κ2) is 6.15. The fourth-order valence-electron chi connectivity index (χ4n) is 1.47. The van der Waals surface area contributed by atoms with Crippen molar-refractivity contribution in [3.05, 3.63) is 28.2 Å². The van der Waals surface area contributed by atoms with Crippen LogP contribution in [0.1, 0.15) is 17.3 Å². The first-order valence-corrected chi connectivity index (χ1v) is 6.56. The molecule has 0 radical (unpaired) electrons. The highest BCUT2D eigenvalue weighted by atomic mass is 79.9.